The molecule has 0 atom stereocenters. The van der Waals surface area contributed by atoms with E-state index in [9.17, 15) is 5.26 Å². The van der Waals surface area contributed by atoms with Gasteiger partial charge >= 0.3 is 6.72 Å². The number of hydrogen-bond donors (Lipinski definition) is 0. The summed E-state index contributed by atoms with van der Waals surface area (Å²) < 4.78 is 17.0. The third kappa shape index (κ3) is 3.92. The second-order valence-corrected chi connectivity index (χ2v) is 7.89. The van der Waals surface area contributed by atoms with Crippen molar-refractivity contribution in [2.75, 3.05) is 13.2 Å². The van der Waals surface area contributed by atoms with Crippen LogP contribution < -0.4 is 0 Å². The predicted molar refractivity (Wildman–Crippen MR) is 92.6 cm³/mol. The van der Waals surface area contributed by atoms with E-state index < -0.39 is 6.72 Å². The van der Waals surface area contributed by atoms with Crippen LogP contribution in [-0.2, 0) is 25.5 Å². The zero-order chi connectivity index (χ0) is 16.0. The van der Waals surface area contributed by atoms with Crippen LogP contribution in [0.5, 0.6) is 0 Å². The first-order chi connectivity index (χ1) is 10.6. The maximum atomic E-state index is 9.35. The Morgan fingerprint density at radius 3 is 2.64 bits per heavy atom. The van der Waals surface area contributed by atoms with Crippen LogP contribution in [0.4, 0.5) is 0 Å². The average molecular weight is 354 g/mol. The molecule has 8 heteroatoms. The molecule has 0 saturated heterocycles. The Morgan fingerprint density at radius 2 is 2.00 bits per heavy atom. The molecule has 116 valence electrons. The minimum absolute atomic E-state index is 0.158. The fourth-order valence-electron chi connectivity index (χ4n) is 1.78. The number of benzene rings is 1. The molecule has 2 aromatic rings. The van der Waals surface area contributed by atoms with E-state index in [1.165, 1.54) is 0 Å². The van der Waals surface area contributed by atoms with Crippen LogP contribution >= 0.6 is 18.1 Å². The minimum atomic E-state index is -2.95. The van der Waals surface area contributed by atoms with Crippen molar-refractivity contribution in [2.24, 2.45) is 5.16 Å². The summed E-state index contributed by atoms with van der Waals surface area (Å²) in [5.41, 5.74) is 0.878. The van der Waals surface area contributed by atoms with Gasteiger partial charge in [-0.2, -0.15) is 5.26 Å². The van der Waals surface area contributed by atoms with Crippen molar-refractivity contribution in [3.05, 3.63) is 35.2 Å². The highest BCUT2D eigenvalue weighted by Crippen LogP contribution is 2.50. The van der Waals surface area contributed by atoms with E-state index in [0.29, 0.717) is 13.2 Å². The van der Waals surface area contributed by atoms with Gasteiger partial charge in [0, 0.05) is 32.8 Å². The first-order valence-electron chi connectivity index (χ1n) is 6.66. The molecule has 0 aliphatic carbocycles. The second-order valence-electron chi connectivity index (χ2n) is 4.06. The lowest BCUT2D eigenvalue weighted by atomic mass is 10.1. The van der Waals surface area contributed by atoms with Gasteiger partial charge < -0.3 is 4.62 Å². The van der Waals surface area contributed by atoms with E-state index in [0.717, 1.165) is 15.6 Å². The summed E-state index contributed by atoms with van der Waals surface area (Å²) in [4.78, 5) is 0. The highest BCUT2D eigenvalue weighted by molar-refractivity contribution is 8.07. The summed E-state index contributed by atoms with van der Waals surface area (Å²) >= 11 is 6.77. The third-order valence-corrected chi connectivity index (χ3v) is 5.87. The van der Waals surface area contributed by atoms with Crippen molar-refractivity contribution >= 4 is 45.7 Å². The van der Waals surface area contributed by atoms with Gasteiger partial charge in [0.25, 0.3) is 0 Å². The molecule has 0 aliphatic heterocycles. The van der Waals surface area contributed by atoms with E-state index in [1.54, 1.807) is 25.2 Å². The fraction of sp³-hybridized carbons (Fsp3) is 0.286. The zero-order valence-electron chi connectivity index (χ0n) is 12.2. The number of hydrogen-bond acceptors (Lipinski definition) is 7. The predicted octanol–water partition coefficient (Wildman–Crippen LogP) is 4.44. The monoisotopic (exact) mass is 354 g/mol. The van der Waals surface area contributed by atoms with Crippen molar-refractivity contribution in [1.82, 2.24) is 0 Å². The quantitative estimate of drug-likeness (QED) is 0.418. The second kappa shape index (κ2) is 7.82. The highest BCUT2D eigenvalue weighted by Gasteiger charge is 2.21. The van der Waals surface area contributed by atoms with Gasteiger partial charge in [-0.15, -0.1) is 11.3 Å². The molecule has 1 aromatic heterocycles. The lowest BCUT2D eigenvalue weighted by molar-refractivity contribution is 0.172. The van der Waals surface area contributed by atoms with Crippen LogP contribution in [0.25, 0.3) is 10.1 Å². The topological polar surface area (TPSA) is 63.8 Å². The van der Waals surface area contributed by atoms with Crippen molar-refractivity contribution in [2.45, 2.75) is 13.8 Å². The summed E-state index contributed by atoms with van der Waals surface area (Å²) in [6.07, 6.45) is 0. The van der Waals surface area contributed by atoms with Crippen LogP contribution in [0.1, 0.15) is 19.4 Å². The number of thiophene rings is 1. The minimum Gasteiger partial charge on any atom is -0.312 e. The van der Waals surface area contributed by atoms with Gasteiger partial charge in [0.05, 0.1) is 13.2 Å². The van der Waals surface area contributed by atoms with Crippen molar-refractivity contribution in [3.8, 4) is 6.07 Å². The van der Waals surface area contributed by atoms with Gasteiger partial charge in [-0.25, -0.2) is 0 Å². The molecule has 0 amide bonds. The molecule has 1 aromatic carbocycles. The molecule has 0 saturated carbocycles. The van der Waals surface area contributed by atoms with E-state index >= 15 is 0 Å². The molecule has 0 fully saturated rings. The van der Waals surface area contributed by atoms with Gasteiger partial charge in [-0.1, -0.05) is 23.4 Å². The van der Waals surface area contributed by atoms with Crippen molar-refractivity contribution in [1.29, 1.82) is 5.26 Å². The Balaban J connectivity index is 2.32. The highest BCUT2D eigenvalue weighted by atomic mass is 32.5. The first kappa shape index (κ1) is 17.1. The Hall–Kier alpha value is -1.29. The van der Waals surface area contributed by atoms with Gasteiger partial charge in [0.1, 0.15) is 6.07 Å². The van der Waals surface area contributed by atoms with Gasteiger partial charge in [-0.05, 0) is 19.9 Å². The number of oxime groups is 1. The maximum Gasteiger partial charge on any atom is 0.402 e. The SMILES string of the molecule is CCOP(=S)(OCC)O/N=C(\C#N)c1csc2ccccc12. The zero-order valence-corrected chi connectivity index (χ0v) is 14.7. The van der Waals surface area contributed by atoms with E-state index in [4.69, 9.17) is 25.5 Å². The average Bonchev–Trinajstić information content (AvgIpc) is 2.93. The smallest absolute Gasteiger partial charge is 0.312 e. The van der Waals surface area contributed by atoms with E-state index in [-0.39, 0.29) is 5.71 Å². The van der Waals surface area contributed by atoms with Crippen LogP contribution in [-0.4, -0.2) is 18.9 Å². The molecule has 1 heterocycles. The number of rotatable bonds is 7. The Bertz CT molecular complexity index is 757. The molecule has 0 bridgehead atoms. The number of nitriles is 1. The van der Waals surface area contributed by atoms with Crippen molar-refractivity contribution in [3.63, 3.8) is 0 Å². The molecule has 0 unspecified atom stereocenters. The molecule has 0 aliphatic rings. The summed E-state index contributed by atoms with van der Waals surface area (Å²) in [6, 6.07) is 9.84. The molecular weight excluding hydrogens is 339 g/mol. The van der Waals surface area contributed by atoms with E-state index in [1.807, 2.05) is 35.7 Å². The van der Waals surface area contributed by atoms with Gasteiger partial charge in [-0.3, -0.25) is 9.05 Å². The first-order valence-corrected chi connectivity index (χ1v) is 10.1. The molecule has 5 nitrogen and oxygen atoms in total. The lowest BCUT2D eigenvalue weighted by Gasteiger charge is -2.17. The Kier molecular flexibility index (Phi) is 6.07. The largest absolute Gasteiger partial charge is 0.402 e. The molecule has 2 rings (SSSR count). The summed E-state index contributed by atoms with van der Waals surface area (Å²) in [5.74, 6) is 0. The van der Waals surface area contributed by atoms with E-state index in [2.05, 4.69) is 5.16 Å². The normalized spacial score (nSPS) is 12.3. The molecule has 22 heavy (non-hydrogen) atoms. The van der Waals surface area contributed by atoms with Crippen LogP contribution in [0.3, 0.4) is 0 Å². The van der Waals surface area contributed by atoms with Crippen LogP contribution in [0.15, 0.2) is 34.8 Å². The van der Waals surface area contributed by atoms with Gasteiger partial charge in [0.2, 0.25) is 0 Å². The summed E-state index contributed by atoms with van der Waals surface area (Å²) in [7, 11) is 0. The molecule has 0 N–H and O–H groups in total. The fourth-order valence-corrected chi connectivity index (χ4v) is 4.44. The number of nitrogens with zero attached hydrogens (tertiary/aromatic N) is 2. The molecule has 0 spiro atoms. The van der Waals surface area contributed by atoms with Crippen LogP contribution in [0.2, 0.25) is 0 Å². The van der Waals surface area contributed by atoms with Crippen molar-refractivity contribution < 1.29 is 13.7 Å². The third-order valence-electron chi connectivity index (χ3n) is 2.65. The standard InChI is InChI=1S/C14H15N2O3PS2/c1-3-17-20(21,18-4-2)19-16-13(9-15)12-10-22-14-8-6-5-7-11(12)14/h5-8,10H,3-4H2,1-2H3/b16-13+. The maximum absolute atomic E-state index is 9.35. The Morgan fingerprint density at radius 1 is 1.32 bits per heavy atom. The number of fused-ring (bicyclic) bond motifs is 1. The summed E-state index contributed by atoms with van der Waals surface area (Å²) in [6.45, 7) is 1.36. The van der Waals surface area contributed by atoms with Gasteiger partial charge in [0.15, 0.2) is 5.71 Å². The van der Waals surface area contributed by atoms with Crippen LogP contribution in [0, 0.1) is 11.3 Å². The molecular formula is C14H15N2O3PS2. The lowest BCUT2D eigenvalue weighted by Crippen LogP contribution is -2.01. The molecule has 0 radical (unpaired) electrons. The summed E-state index contributed by atoms with van der Waals surface area (Å²) in [5, 5.41) is 16.1. The Labute approximate surface area is 138 Å².